The number of para-hydroxylation sites is 1. The van der Waals surface area contributed by atoms with Crippen LogP contribution in [0.3, 0.4) is 0 Å². The lowest BCUT2D eigenvalue weighted by Gasteiger charge is -2.06. The van der Waals surface area contributed by atoms with Crippen molar-refractivity contribution in [2.24, 2.45) is 0 Å². The van der Waals surface area contributed by atoms with E-state index in [1.54, 1.807) is 18.0 Å². The first-order valence-electron chi connectivity index (χ1n) is 7.41. The molecular formula is C18H14N4O2. The van der Waals surface area contributed by atoms with Gasteiger partial charge in [0.05, 0.1) is 19.0 Å². The Balaban J connectivity index is 1.92. The number of fused-ring (bicyclic) bond motifs is 1. The second-order valence-electron chi connectivity index (χ2n) is 5.23. The second kappa shape index (κ2) is 5.66. The van der Waals surface area contributed by atoms with Crippen LogP contribution in [0.5, 0.6) is 11.6 Å². The Bertz CT molecular complexity index is 1010. The van der Waals surface area contributed by atoms with Gasteiger partial charge in [0, 0.05) is 5.56 Å². The molecule has 0 radical (unpaired) electrons. The molecule has 24 heavy (non-hydrogen) atoms. The third-order valence-corrected chi connectivity index (χ3v) is 3.74. The third kappa shape index (κ3) is 2.34. The van der Waals surface area contributed by atoms with Crippen LogP contribution in [0, 0.1) is 0 Å². The molecule has 0 unspecified atom stereocenters. The predicted molar refractivity (Wildman–Crippen MR) is 90.3 cm³/mol. The molecule has 2 heterocycles. The molecule has 6 nitrogen and oxygen atoms in total. The molecule has 0 spiro atoms. The van der Waals surface area contributed by atoms with Crippen molar-refractivity contribution in [2.45, 2.75) is 0 Å². The molecule has 1 N–H and O–H groups in total. The van der Waals surface area contributed by atoms with Crippen molar-refractivity contribution in [3.05, 3.63) is 60.8 Å². The Hall–Kier alpha value is -3.41. The summed E-state index contributed by atoms with van der Waals surface area (Å²) in [6.07, 6.45) is 1.56. The second-order valence-corrected chi connectivity index (χ2v) is 5.23. The highest BCUT2D eigenvalue weighted by molar-refractivity contribution is 5.83. The van der Waals surface area contributed by atoms with Crippen molar-refractivity contribution in [1.29, 1.82) is 0 Å². The Morgan fingerprint density at radius 3 is 2.62 bits per heavy atom. The van der Waals surface area contributed by atoms with Crippen LogP contribution in [0.1, 0.15) is 0 Å². The third-order valence-electron chi connectivity index (χ3n) is 3.74. The molecule has 0 atom stereocenters. The Labute approximate surface area is 138 Å². The maximum Gasteiger partial charge on any atom is 0.225 e. The fraction of sp³-hybridized carbons (Fsp3) is 0.0556. The number of aromatic hydroxyl groups is 1. The van der Waals surface area contributed by atoms with Crippen molar-refractivity contribution >= 4 is 11.0 Å². The number of aromatic nitrogens is 4. The van der Waals surface area contributed by atoms with Gasteiger partial charge in [-0.1, -0.05) is 30.3 Å². The van der Waals surface area contributed by atoms with Crippen molar-refractivity contribution < 1.29 is 9.84 Å². The zero-order chi connectivity index (χ0) is 16.5. The van der Waals surface area contributed by atoms with E-state index in [0.29, 0.717) is 22.6 Å². The molecule has 0 saturated heterocycles. The average Bonchev–Trinajstić information content (AvgIpc) is 3.07. The van der Waals surface area contributed by atoms with Gasteiger partial charge in [-0.2, -0.15) is 10.1 Å². The topological polar surface area (TPSA) is 73.1 Å². The largest absolute Gasteiger partial charge is 0.497 e. The van der Waals surface area contributed by atoms with Gasteiger partial charge < -0.3 is 9.84 Å². The lowest BCUT2D eigenvalue weighted by molar-refractivity contribution is 0.415. The fourth-order valence-electron chi connectivity index (χ4n) is 2.54. The van der Waals surface area contributed by atoms with Gasteiger partial charge in [0.2, 0.25) is 5.88 Å². The summed E-state index contributed by atoms with van der Waals surface area (Å²) in [7, 11) is 1.60. The smallest absolute Gasteiger partial charge is 0.225 e. The molecule has 0 aliphatic rings. The minimum absolute atomic E-state index is 0.0972. The minimum atomic E-state index is -0.0972. The summed E-state index contributed by atoms with van der Waals surface area (Å²) < 4.78 is 6.92. The summed E-state index contributed by atoms with van der Waals surface area (Å²) in [6, 6.07) is 17.0. The molecule has 2 aromatic heterocycles. The number of rotatable bonds is 3. The van der Waals surface area contributed by atoms with Gasteiger partial charge in [0.1, 0.15) is 11.1 Å². The van der Waals surface area contributed by atoms with Crippen LogP contribution in [-0.4, -0.2) is 32.0 Å². The van der Waals surface area contributed by atoms with Crippen molar-refractivity contribution in [2.75, 3.05) is 7.11 Å². The normalized spacial score (nSPS) is 10.9. The minimum Gasteiger partial charge on any atom is -0.497 e. The van der Waals surface area contributed by atoms with E-state index in [9.17, 15) is 5.11 Å². The summed E-state index contributed by atoms with van der Waals surface area (Å²) in [5.41, 5.74) is 2.17. The van der Waals surface area contributed by atoms with Gasteiger partial charge in [-0.3, -0.25) is 0 Å². The van der Waals surface area contributed by atoms with Crippen molar-refractivity contribution in [3.63, 3.8) is 0 Å². The number of methoxy groups -OCH3 is 1. The first-order valence-corrected chi connectivity index (χ1v) is 7.41. The maximum atomic E-state index is 10.3. The molecule has 118 valence electrons. The molecule has 4 rings (SSSR count). The highest BCUT2D eigenvalue weighted by atomic mass is 16.5. The molecule has 0 fully saturated rings. The standard InChI is InChI=1S/C18H14N4O2/c1-24-14-9-5-6-12(10-14)16-20-17-15(18(23)21-16)11-19-22(17)13-7-3-2-4-8-13/h2-11H,1H3,(H,20,21,23). The van der Waals surface area contributed by atoms with Crippen LogP contribution in [0.4, 0.5) is 0 Å². The number of nitrogens with zero attached hydrogens (tertiary/aromatic N) is 4. The van der Waals surface area contributed by atoms with E-state index >= 15 is 0 Å². The molecular weight excluding hydrogens is 304 g/mol. The van der Waals surface area contributed by atoms with E-state index in [0.717, 1.165) is 11.3 Å². The van der Waals surface area contributed by atoms with E-state index < -0.39 is 0 Å². The van der Waals surface area contributed by atoms with Crippen LogP contribution in [0.25, 0.3) is 28.1 Å². The van der Waals surface area contributed by atoms with Crippen LogP contribution in [-0.2, 0) is 0 Å². The van der Waals surface area contributed by atoms with Crippen LogP contribution in [0.15, 0.2) is 60.8 Å². The van der Waals surface area contributed by atoms with Gasteiger partial charge in [0.15, 0.2) is 11.5 Å². The molecule has 2 aromatic carbocycles. The Kier molecular flexibility index (Phi) is 3.35. The van der Waals surface area contributed by atoms with E-state index in [2.05, 4.69) is 15.1 Å². The highest BCUT2D eigenvalue weighted by Gasteiger charge is 2.14. The Morgan fingerprint density at radius 2 is 1.83 bits per heavy atom. The lowest BCUT2D eigenvalue weighted by atomic mass is 10.2. The van der Waals surface area contributed by atoms with E-state index in [-0.39, 0.29) is 5.88 Å². The molecule has 0 aliphatic carbocycles. The van der Waals surface area contributed by atoms with Crippen LogP contribution >= 0.6 is 0 Å². The van der Waals surface area contributed by atoms with E-state index in [4.69, 9.17) is 4.74 Å². The predicted octanol–water partition coefficient (Wildman–Crippen LogP) is 3.20. The van der Waals surface area contributed by atoms with Gasteiger partial charge in [0.25, 0.3) is 0 Å². The first-order chi connectivity index (χ1) is 11.8. The summed E-state index contributed by atoms with van der Waals surface area (Å²) >= 11 is 0. The summed E-state index contributed by atoms with van der Waals surface area (Å²) in [5, 5.41) is 15.1. The summed E-state index contributed by atoms with van der Waals surface area (Å²) in [6.45, 7) is 0. The zero-order valence-corrected chi connectivity index (χ0v) is 12.9. The number of hydrogen-bond donors (Lipinski definition) is 1. The SMILES string of the molecule is COc1cccc(-c2nc(O)c3cnn(-c4ccccc4)c3n2)c1. The summed E-state index contributed by atoms with van der Waals surface area (Å²) in [4.78, 5) is 8.78. The maximum absolute atomic E-state index is 10.3. The molecule has 0 amide bonds. The van der Waals surface area contributed by atoms with E-state index in [1.807, 2.05) is 54.6 Å². The molecule has 4 aromatic rings. The van der Waals surface area contributed by atoms with Gasteiger partial charge in [-0.05, 0) is 24.3 Å². The zero-order valence-electron chi connectivity index (χ0n) is 12.9. The molecule has 0 bridgehead atoms. The van der Waals surface area contributed by atoms with Crippen LogP contribution < -0.4 is 4.74 Å². The van der Waals surface area contributed by atoms with E-state index in [1.165, 1.54) is 0 Å². The van der Waals surface area contributed by atoms with Crippen molar-refractivity contribution in [3.8, 4) is 28.7 Å². The van der Waals surface area contributed by atoms with Gasteiger partial charge in [-0.15, -0.1) is 0 Å². The Morgan fingerprint density at radius 1 is 1.00 bits per heavy atom. The monoisotopic (exact) mass is 318 g/mol. The van der Waals surface area contributed by atoms with Crippen molar-refractivity contribution in [1.82, 2.24) is 19.7 Å². The van der Waals surface area contributed by atoms with Gasteiger partial charge in [-0.25, -0.2) is 9.67 Å². The lowest BCUT2D eigenvalue weighted by Crippen LogP contribution is -1.99. The molecule has 6 heteroatoms. The molecule has 0 aliphatic heterocycles. The number of ether oxygens (including phenoxy) is 1. The highest BCUT2D eigenvalue weighted by Crippen LogP contribution is 2.28. The number of hydrogen-bond acceptors (Lipinski definition) is 5. The summed E-state index contributed by atoms with van der Waals surface area (Å²) in [5.74, 6) is 1.02. The number of benzene rings is 2. The molecule has 0 saturated carbocycles. The van der Waals surface area contributed by atoms with Crippen LogP contribution in [0.2, 0.25) is 0 Å². The van der Waals surface area contributed by atoms with Gasteiger partial charge >= 0.3 is 0 Å². The average molecular weight is 318 g/mol. The first kappa shape index (κ1) is 14.2. The quantitative estimate of drug-likeness (QED) is 0.628. The fourth-order valence-corrected chi connectivity index (χ4v) is 2.54.